The lowest BCUT2D eigenvalue weighted by atomic mass is 10.1. The molecule has 2 unspecified atom stereocenters. The smallest absolute Gasteiger partial charge is 0.341 e. The summed E-state index contributed by atoms with van der Waals surface area (Å²) in [7, 11) is 1.25. The number of esters is 1. The zero-order chi connectivity index (χ0) is 32.9. The molecule has 2 heterocycles. The number of urea groups is 1. The molecule has 6 rings (SSSR count). The molecule has 3 N–H and O–H groups in total. The number of rotatable bonds is 8. The highest BCUT2D eigenvalue weighted by Crippen LogP contribution is 2.44. The molecule has 2 atom stereocenters. The number of thioether (sulfide) groups is 2. The predicted molar refractivity (Wildman–Crippen MR) is 190 cm³/mol. The summed E-state index contributed by atoms with van der Waals surface area (Å²) >= 11 is 4.04. The topological polar surface area (TPSA) is 117 Å². The average Bonchev–Trinajstić information content (AvgIpc) is 3.41. The number of amides is 4. The highest BCUT2D eigenvalue weighted by Gasteiger charge is 2.36. The number of carbonyl (C=O) groups is 4. The van der Waals surface area contributed by atoms with Gasteiger partial charge < -0.3 is 20.7 Å². The fraction of sp³-hybridized carbons (Fsp3) is 0.143. The lowest BCUT2D eigenvalue weighted by Gasteiger charge is -2.40. The molecule has 0 spiro atoms. The molecule has 0 saturated carbocycles. The number of allylic oxidation sites excluding steroid dienone is 2. The molecular formula is C35H30N4O5S3. The quantitative estimate of drug-likeness (QED) is 0.128. The second-order valence-electron chi connectivity index (χ2n) is 10.5. The number of ether oxygens (including phenoxy) is 1. The Balaban J connectivity index is 1.12. The Morgan fingerprint density at radius 2 is 1.62 bits per heavy atom. The largest absolute Gasteiger partial charge is 0.465 e. The molecule has 2 aliphatic rings. The Hall–Kier alpha value is -4.78. The third kappa shape index (κ3) is 7.14. The molecule has 3 aromatic carbocycles. The summed E-state index contributed by atoms with van der Waals surface area (Å²) in [6.45, 7) is 1.65. The third-order valence-corrected chi connectivity index (χ3v) is 11.0. The number of hydrogen-bond donors (Lipinski definition) is 3. The van der Waals surface area contributed by atoms with Gasteiger partial charge in [0.1, 0.15) is 5.00 Å². The van der Waals surface area contributed by atoms with E-state index < -0.39 is 11.9 Å². The molecule has 4 amide bonds. The summed E-state index contributed by atoms with van der Waals surface area (Å²) in [5.74, 6) is -1.38. The minimum absolute atomic E-state index is 0.0259. The van der Waals surface area contributed by atoms with Crippen LogP contribution in [0.2, 0.25) is 0 Å². The van der Waals surface area contributed by atoms with Crippen molar-refractivity contribution in [3.05, 3.63) is 119 Å². The van der Waals surface area contributed by atoms with Crippen LogP contribution < -0.4 is 20.9 Å². The molecule has 1 aliphatic carbocycles. The molecule has 1 aromatic heterocycles. The van der Waals surface area contributed by atoms with Gasteiger partial charge in [-0.1, -0.05) is 60.7 Å². The van der Waals surface area contributed by atoms with Crippen LogP contribution in [0.3, 0.4) is 0 Å². The van der Waals surface area contributed by atoms with Gasteiger partial charge in [-0.2, -0.15) is 0 Å². The van der Waals surface area contributed by atoms with Crippen molar-refractivity contribution in [2.24, 2.45) is 0 Å². The summed E-state index contributed by atoms with van der Waals surface area (Å²) in [4.78, 5) is 56.3. The SMILES string of the molecule is COC(=O)c1c(NC(=O)CSc2cccc(NC(=O)N3c4ccccc4SC4C=CC=CC43)c2)sc(C(=O)Nc2ccccc2)c1C. The third-order valence-electron chi connectivity index (χ3n) is 7.44. The number of nitrogens with zero attached hydrogens (tertiary/aromatic N) is 1. The van der Waals surface area contributed by atoms with Crippen LogP contribution in [0.4, 0.5) is 26.9 Å². The average molecular weight is 683 g/mol. The Bertz CT molecular complexity index is 1910. The summed E-state index contributed by atoms with van der Waals surface area (Å²) in [5.41, 5.74) is 2.62. The van der Waals surface area contributed by atoms with Crippen molar-refractivity contribution in [1.29, 1.82) is 0 Å². The minimum atomic E-state index is -0.648. The van der Waals surface area contributed by atoms with Crippen LogP contribution in [0.1, 0.15) is 25.6 Å². The van der Waals surface area contributed by atoms with Crippen LogP contribution in [0.15, 0.2) is 113 Å². The van der Waals surface area contributed by atoms with Gasteiger partial charge in [-0.25, -0.2) is 9.59 Å². The second-order valence-corrected chi connectivity index (χ2v) is 13.8. The molecule has 0 saturated heterocycles. The van der Waals surface area contributed by atoms with E-state index in [2.05, 4.69) is 22.0 Å². The number of methoxy groups -OCH3 is 1. The molecule has 47 heavy (non-hydrogen) atoms. The molecule has 0 fully saturated rings. The fourth-order valence-electron chi connectivity index (χ4n) is 5.26. The number of nitrogens with one attached hydrogen (secondary N) is 3. The Labute approximate surface area is 284 Å². The lowest BCUT2D eigenvalue weighted by molar-refractivity contribution is -0.113. The second kappa shape index (κ2) is 14.3. The van der Waals surface area contributed by atoms with Gasteiger partial charge in [0.25, 0.3) is 5.91 Å². The van der Waals surface area contributed by atoms with Gasteiger partial charge in [-0.15, -0.1) is 34.9 Å². The number of hydrogen-bond acceptors (Lipinski definition) is 8. The van der Waals surface area contributed by atoms with Gasteiger partial charge in [0, 0.05) is 21.2 Å². The Kier molecular flexibility index (Phi) is 9.81. The van der Waals surface area contributed by atoms with Crippen molar-refractivity contribution in [3.8, 4) is 0 Å². The molecule has 238 valence electrons. The van der Waals surface area contributed by atoms with Crippen molar-refractivity contribution in [1.82, 2.24) is 0 Å². The van der Waals surface area contributed by atoms with Crippen molar-refractivity contribution >= 4 is 80.7 Å². The van der Waals surface area contributed by atoms with Crippen molar-refractivity contribution in [3.63, 3.8) is 0 Å². The van der Waals surface area contributed by atoms with Crippen LogP contribution in [0.5, 0.6) is 0 Å². The first kappa shape index (κ1) is 32.2. The van der Waals surface area contributed by atoms with Gasteiger partial charge in [0.15, 0.2) is 0 Å². The first-order valence-electron chi connectivity index (χ1n) is 14.6. The molecule has 4 aromatic rings. The Morgan fingerprint density at radius 1 is 0.872 bits per heavy atom. The lowest BCUT2D eigenvalue weighted by Crippen LogP contribution is -2.49. The number of thiophene rings is 1. The van der Waals surface area contributed by atoms with Crippen molar-refractivity contribution < 1.29 is 23.9 Å². The number of anilines is 4. The van der Waals surface area contributed by atoms with Crippen LogP contribution in [-0.4, -0.2) is 48.0 Å². The van der Waals surface area contributed by atoms with E-state index in [1.54, 1.807) is 53.9 Å². The van der Waals surface area contributed by atoms with E-state index in [0.717, 1.165) is 26.8 Å². The van der Waals surface area contributed by atoms with Crippen LogP contribution in [0.25, 0.3) is 0 Å². The zero-order valence-corrected chi connectivity index (χ0v) is 27.8. The number of benzene rings is 3. The standard InChI is InChI=1S/C35H30N4O5S3/c1-21-30(34(42)44-2)33(47-31(21)32(41)36-22-11-4-3-5-12-22)38-29(40)20-45-24-14-10-13-23(19-24)37-35(43)39-25-15-6-8-17-27(25)46-28-18-9-7-16-26(28)39/h3-19,25,27H,20H2,1-2H3,(H,36,41)(H,37,43)(H,38,40). The maximum Gasteiger partial charge on any atom is 0.341 e. The van der Waals surface area contributed by atoms with E-state index >= 15 is 0 Å². The number of carbonyl (C=O) groups excluding carboxylic acids is 4. The van der Waals surface area contributed by atoms with Crippen LogP contribution in [-0.2, 0) is 9.53 Å². The van der Waals surface area contributed by atoms with Gasteiger partial charge in [0.05, 0.1) is 40.3 Å². The first-order valence-corrected chi connectivity index (χ1v) is 17.3. The van der Waals surface area contributed by atoms with Gasteiger partial charge in [0.2, 0.25) is 5.91 Å². The highest BCUT2D eigenvalue weighted by molar-refractivity contribution is 8.00. The van der Waals surface area contributed by atoms with Gasteiger partial charge in [-0.3, -0.25) is 14.5 Å². The molecular weight excluding hydrogens is 653 g/mol. The summed E-state index contributed by atoms with van der Waals surface area (Å²) < 4.78 is 4.95. The molecule has 9 nitrogen and oxygen atoms in total. The fourth-order valence-corrected chi connectivity index (χ4v) is 8.38. The normalized spacial score (nSPS) is 16.1. The van der Waals surface area contributed by atoms with E-state index in [0.29, 0.717) is 21.8 Å². The van der Waals surface area contributed by atoms with Crippen molar-refractivity contribution in [2.45, 2.75) is 28.0 Å². The van der Waals surface area contributed by atoms with Gasteiger partial charge >= 0.3 is 12.0 Å². The maximum absolute atomic E-state index is 13.7. The summed E-state index contributed by atoms with van der Waals surface area (Å²) in [6, 6.07) is 23.8. The molecule has 1 aliphatic heterocycles. The highest BCUT2D eigenvalue weighted by atomic mass is 32.2. The molecule has 0 radical (unpaired) electrons. The van der Waals surface area contributed by atoms with E-state index in [-0.39, 0.29) is 39.5 Å². The van der Waals surface area contributed by atoms with Crippen LogP contribution in [0, 0.1) is 6.92 Å². The van der Waals surface area contributed by atoms with E-state index in [1.807, 2.05) is 66.8 Å². The van der Waals surface area contributed by atoms with E-state index in [9.17, 15) is 19.2 Å². The van der Waals surface area contributed by atoms with E-state index in [4.69, 9.17) is 4.74 Å². The maximum atomic E-state index is 13.7. The van der Waals surface area contributed by atoms with Gasteiger partial charge in [-0.05, 0) is 55.0 Å². The van der Waals surface area contributed by atoms with Crippen molar-refractivity contribution in [2.75, 3.05) is 33.7 Å². The first-order chi connectivity index (χ1) is 22.8. The predicted octanol–water partition coefficient (Wildman–Crippen LogP) is 7.83. The summed E-state index contributed by atoms with van der Waals surface area (Å²) in [5, 5.41) is 8.99. The minimum Gasteiger partial charge on any atom is -0.465 e. The zero-order valence-electron chi connectivity index (χ0n) is 25.4. The van der Waals surface area contributed by atoms with Crippen LogP contribution >= 0.6 is 34.9 Å². The van der Waals surface area contributed by atoms with E-state index in [1.165, 1.54) is 18.9 Å². The monoisotopic (exact) mass is 682 g/mol. The number of para-hydroxylation sites is 2. The molecule has 0 bridgehead atoms. The number of fused-ring (bicyclic) bond motifs is 2. The summed E-state index contributed by atoms with van der Waals surface area (Å²) in [6.07, 6.45) is 8.12. The molecule has 12 heteroatoms. The Morgan fingerprint density at radius 3 is 2.43 bits per heavy atom.